The summed E-state index contributed by atoms with van der Waals surface area (Å²) in [7, 11) is 0. The van der Waals surface area contributed by atoms with E-state index >= 15 is 0 Å². The van der Waals surface area contributed by atoms with Gasteiger partial charge in [-0.1, -0.05) is 18.2 Å². The van der Waals surface area contributed by atoms with Crippen LogP contribution in [0.3, 0.4) is 0 Å². The molecule has 0 radical (unpaired) electrons. The van der Waals surface area contributed by atoms with Crippen LogP contribution in [0.1, 0.15) is 39.0 Å². The number of aromatic nitrogens is 2. The van der Waals surface area contributed by atoms with Gasteiger partial charge in [0.15, 0.2) is 0 Å². The predicted octanol–water partition coefficient (Wildman–Crippen LogP) is 3.49. The smallest absolute Gasteiger partial charge is 0.257 e. The van der Waals surface area contributed by atoms with Gasteiger partial charge < -0.3 is 4.90 Å². The molecule has 3 rings (SSSR count). The molecule has 1 aromatic heterocycles. The lowest BCUT2D eigenvalue weighted by atomic mass is 10.1. The van der Waals surface area contributed by atoms with Crippen LogP contribution >= 0.6 is 11.8 Å². The van der Waals surface area contributed by atoms with Crippen molar-refractivity contribution < 1.29 is 9.18 Å². The number of thioether (sulfide) groups is 1. The Kier molecular flexibility index (Phi) is 4.71. The van der Waals surface area contributed by atoms with Crippen LogP contribution in [0.25, 0.3) is 0 Å². The van der Waals surface area contributed by atoms with Crippen LogP contribution in [-0.4, -0.2) is 39.8 Å². The molecule has 1 amide bonds. The molecular weight excluding hydrogens is 313 g/mol. The average molecular weight is 333 g/mol. The van der Waals surface area contributed by atoms with Crippen molar-refractivity contribution in [1.82, 2.24) is 15.1 Å². The van der Waals surface area contributed by atoms with Crippen molar-refractivity contribution in [2.24, 2.45) is 0 Å². The lowest BCUT2D eigenvalue weighted by Crippen LogP contribution is -2.33. The maximum absolute atomic E-state index is 14.0. The third kappa shape index (κ3) is 3.27. The fourth-order valence-corrected chi connectivity index (χ4v) is 4.24. The quantitative estimate of drug-likeness (QED) is 0.915. The van der Waals surface area contributed by atoms with Crippen molar-refractivity contribution >= 4 is 17.7 Å². The number of carbonyl (C=O) groups excluding carboxylic acids is 1. The lowest BCUT2D eigenvalue weighted by molar-refractivity contribution is 0.0765. The van der Waals surface area contributed by atoms with Crippen LogP contribution < -0.4 is 0 Å². The Morgan fingerprint density at radius 2 is 2.13 bits per heavy atom. The van der Waals surface area contributed by atoms with Crippen molar-refractivity contribution in [3.05, 3.63) is 52.6 Å². The van der Waals surface area contributed by atoms with Crippen LogP contribution in [0.2, 0.25) is 0 Å². The van der Waals surface area contributed by atoms with Crippen molar-refractivity contribution in [2.45, 2.75) is 25.5 Å². The number of halogens is 1. The molecule has 1 atom stereocenters. The second kappa shape index (κ2) is 6.74. The van der Waals surface area contributed by atoms with Gasteiger partial charge in [-0.25, -0.2) is 4.39 Å². The molecule has 0 saturated carbocycles. The zero-order chi connectivity index (χ0) is 16.4. The second-order valence-corrected chi connectivity index (χ2v) is 7.08. The fraction of sp³-hybridized carbons (Fsp3) is 0.412. The van der Waals surface area contributed by atoms with E-state index < -0.39 is 0 Å². The molecule has 0 bridgehead atoms. The minimum atomic E-state index is -0.161. The number of benzene rings is 1. The number of aryl methyl sites for hydroxylation is 2. The standard InChI is InChI=1S/C17H20FN3OS/c1-11-16(12(2)20-19-11)17(22)21-8-7-15(23-10-9-21)13-5-3-4-6-14(13)18/h3-6,15H,7-10H2,1-2H3,(H,19,20). The molecule has 122 valence electrons. The Morgan fingerprint density at radius 3 is 2.83 bits per heavy atom. The van der Waals surface area contributed by atoms with Gasteiger partial charge in [0.05, 0.1) is 11.3 Å². The van der Waals surface area contributed by atoms with E-state index in [1.54, 1.807) is 17.8 Å². The van der Waals surface area contributed by atoms with Crippen LogP contribution in [-0.2, 0) is 0 Å². The van der Waals surface area contributed by atoms with E-state index in [1.807, 2.05) is 30.9 Å². The predicted molar refractivity (Wildman–Crippen MR) is 90.2 cm³/mol. The minimum Gasteiger partial charge on any atom is -0.338 e. The SMILES string of the molecule is Cc1n[nH]c(C)c1C(=O)N1CCSC(c2ccccc2F)CC1. The Labute approximate surface area is 139 Å². The van der Waals surface area contributed by atoms with Crippen LogP contribution in [0.4, 0.5) is 4.39 Å². The summed E-state index contributed by atoms with van der Waals surface area (Å²) < 4.78 is 14.0. The van der Waals surface area contributed by atoms with E-state index in [1.165, 1.54) is 6.07 Å². The first-order valence-corrected chi connectivity index (χ1v) is 8.79. The summed E-state index contributed by atoms with van der Waals surface area (Å²) in [6.45, 7) is 5.01. The van der Waals surface area contributed by atoms with E-state index in [2.05, 4.69) is 10.2 Å². The highest BCUT2D eigenvalue weighted by atomic mass is 32.2. The summed E-state index contributed by atoms with van der Waals surface area (Å²) >= 11 is 1.72. The average Bonchev–Trinajstić information content (AvgIpc) is 2.75. The Morgan fingerprint density at radius 1 is 1.35 bits per heavy atom. The first-order valence-electron chi connectivity index (χ1n) is 7.75. The van der Waals surface area contributed by atoms with Gasteiger partial charge in [-0.15, -0.1) is 0 Å². The molecule has 2 aromatic rings. The number of H-pyrrole nitrogens is 1. The third-order valence-corrected chi connectivity index (χ3v) is 5.53. The molecule has 0 spiro atoms. The summed E-state index contributed by atoms with van der Waals surface area (Å²) in [5.74, 6) is 0.663. The van der Waals surface area contributed by atoms with E-state index in [4.69, 9.17) is 0 Å². The van der Waals surface area contributed by atoms with Gasteiger partial charge in [0.1, 0.15) is 5.82 Å². The summed E-state index contributed by atoms with van der Waals surface area (Å²) in [6, 6.07) is 6.92. The number of amides is 1. The normalized spacial score (nSPS) is 18.7. The summed E-state index contributed by atoms with van der Waals surface area (Å²) in [6.07, 6.45) is 0.757. The second-order valence-electron chi connectivity index (χ2n) is 5.77. The lowest BCUT2D eigenvalue weighted by Gasteiger charge is -2.20. The van der Waals surface area contributed by atoms with Gasteiger partial charge in [0, 0.05) is 35.3 Å². The summed E-state index contributed by atoms with van der Waals surface area (Å²) in [5, 5.41) is 7.06. The molecule has 1 aliphatic heterocycles. The largest absolute Gasteiger partial charge is 0.338 e. The Balaban J connectivity index is 1.74. The first-order chi connectivity index (χ1) is 11.1. The third-order valence-electron chi connectivity index (χ3n) is 4.22. The van der Waals surface area contributed by atoms with Gasteiger partial charge in [-0.3, -0.25) is 9.89 Å². The number of nitrogens with one attached hydrogen (secondary N) is 1. The molecule has 2 heterocycles. The van der Waals surface area contributed by atoms with Gasteiger partial charge >= 0.3 is 0 Å². The van der Waals surface area contributed by atoms with E-state index in [-0.39, 0.29) is 17.0 Å². The monoisotopic (exact) mass is 333 g/mol. The number of hydrogen-bond donors (Lipinski definition) is 1. The highest BCUT2D eigenvalue weighted by molar-refractivity contribution is 7.99. The van der Waals surface area contributed by atoms with Gasteiger partial charge in [0.25, 0.3) is 5.91 Å². The molecule has 1 aromatic carbocycles. The van der Waals surface area contributed by atoms with Crippen molar-refractivity contribution in [2.75, 3.05) is 18.8 Å². The van der Waals surface area contributed by atoms with Crippen LogP contribution in [0.15, 0.2) is 24.3 Å². The van der Waals surface area contributed by atoms with Gasteiger partial charge in [-0.2, -0.15) is 16.9 Å². The van der Waals surface area contributed by atoms with Crippen LogP contribution in [0, 0.1) is 19.7 Å². The zero-order valence-electron chi connectivity index (χ0n) is 13.3. The fourth-order valence-electron chi connectivity index (χ4n) is 2.98. The molecule has 6 heteroatoms. The summed E-state index contributed by atoms with van der Waals surface area (Å²) in [5.41, 5.74) is 2.94. The molecule has 4 nitrogen and oxygen atoms in total. The number of nitrogens with zero attached hydrogens (tertiary/aromatic N) is 2. The topological polar surface area (TPSA) is 49.0 Å². The van der Waals surface area contributed by atoms with Gasteiger partial charge in [0.2, 0.25) is 0 Å². The molecular formula is C17H20FN3OS. The zero-order valence-corrected chi connectivity index (χ0v) is 14.1. The molecule has 1 N–H and O–H groups in total. The Hall–Kier alpha value is -1.82. The van der Waals surface area contributed by atoms with Crippen molar-refractivity contribution in [3.8, 4) is 0 Å². The molecule has 23 heavy (non-hydrogen) atoms. The molecule has 1 saturated heterocycles. The van der Waals surface area contributed by atoms with E-state index in [0.717, 1.165) is 29.1 Å². The number of hydrogen-bond acceptors (Lipinski definition) is 3. The van der Waals surface area contributed by atoms with Crippen molar-refractivity contribution in [1.29, 1.82) is 0 Å². The number of aromatic amines is 1. The number of carbonyl (C=O) groups is 1. The van der Waals surface area contributed by atoms with E-state index in [9.17, 15) is 9.18 Å². The van der Waals surface area contributed by atoms with E-state index in [0.29, 0.717) is 18.7 Å². The summed E-state index contributed by atoms with van der Waals surface area (Å²) in [4.78, 5) is 14.6. The molecule has 1 unspecified atom stereocenters. The van der Waals surface area contributed by atoms with Crippen molar-refractivity contribution in [3.63, 3.8) is 0 Å². The molecule has 1 aliphatic rings. The number of rotatable bonds is 2. The Bertz CT molecular complexity index is 696. The maximum Gasteiger partial charge on any atom is 0.257 e. The van der Waals surface area contributed by atoms with Crippen LogP contribution in [0.5, 0.6) is 0 Å². The first kappa shape index (κ1) is 16.1. The maximum atomic E-state index is 14.0. The highest BCUT2D eigenvalue weighted by Crippen LogP contribution is 2.36. The molecule has 0 aliphatic carbocycles. The van der Waals surface area contributed by atoms with Gasteiger partial charge in [-0.05, 0) is 26.3 Å². The minimum absolute atomic E-state index is 0.0172. The highest BCUT2D eigenvalue weighted by Gasteiger charge is 2.26. The molecule has 1 fully saturated rings.